The molecule has 0 radical (unpaired) electrons. The van der Waals surface area contributed by atoms with Gasteiger partial charge in [-0.2, -0.15) is 10.4 Å². The Balaban J connectivity index is 2.99. The van der Waals surface area contributed by atoms with Crippen LogP contribution in [0.1, 0.15) is 5.69 Å². The minimum Gasteiger partial charge on any atom is -0.383 e. The average molecular weight is 174 g/mol. The third-order valence-electron chi connectivity index (χ3n) is 1.77. The molecule has 0 aromatic carbocycles. The molecular weight excluding hydrogens is 168 g/mol. The lowest BCUT2D eigenvalue weighted by molar-refractivity contribution is 0.764. The summed E-state index contributed by atoms with van der Waals surface area (Å²) in [5.74, 6) is 0.287. The molecular formula is C7H6N6. The highest BCUT2D eigenvalue weighted by Crippen LogP contribution is 2.18. The van der Waals surface area contributed by atoms with Crippen molar-refractivity contribution < 1.29 is 0 Å². The van der Waals surface area contributed by atoms with Crippen molar-refractivity contribution in [3.8, 4) is 6.07 Å². The number of rotatable bonds is 0. The van der Waals surface area contributed by atoms with Gasteiger partial charge in [0.05, 0.1) is 5.39 Å². The molecule has 0 spiro atoms. The Hall–Kier alpha value is -2.16. The highest BCUT2D eigenvalue weighted by molar-refractivity contribution is 5.89. The lowest BCUT2D eigenvalue weighted by atomic mass is 10.3. The molecule has 6 heteroatoms. The molecule has 64 valence electrons. The lowest BCUT2D eigenvalue weighted by Gasteiger charge is -1.91. The van der Waals surface area contributed by atoms with Crippen LogP contribution in [-0.2, 0) is 7.05 Å². The number of nitriles is 1. The lowest BCUT2D eigenvalue weighted by Crippen LogP contribution is -1.94. The molecule has 2 rings (SSSR count). The van der Waals surface area contributed by atoms with E-state index in [4.69, 9.17) is 11.0 Å². The number of anilines is 1. The van der Waals surface area contributed by atoms with Gasteiger partial charge in [0.15, 0.2) is 11.3 Å². The summed E-state index contributed by atoms with van der Waals surface area (Å²) < 4.78 is 1.44. The summed E-state index contributed by atoms with van der Waals surface area (Å²) in [6.07, 6.45) is 1.33. The highest BCUT2D eigenvalue weighted by atomic mass is 15.3. The summed E-state index contributed by atoms with van der Waals surface area (Å²) in [7, 11) is 1.67. The molecule has 2 aromatic rings. The Labute approximate surface area is 73.6 Å². The van der Waals surface area contributed by atoms with Crippen LogP contribution in [0.25, 0.3) is 11.0 Å². The first-order chi connectivity index (χ1) is 6.24. The van der Waals surface area contributed by atoms with Crippen molar-refractivity contribution in [2.75, 3.05) is 5.73 Å². The van der Waals surface area contributed by atoms with Gasteiger partial charge >= 0.3 is 0 Å². The van der Waals surface area contributed by atoms with E-state index in [-0.39, 0.29) is 5.82 Å². The molecule has 0 aliphatic rings. The van der Waals surface area contributed by atoms with Gasteiger partial charge in [-0.25, -0.2) is 9.97 Å². The average Bonchev–Trinajstić information content (AvgIpc) is 2.42. The summed E-state index contributed by atoms with van der Waals surface area (Å²) >= 11 is 0. The number of hydrogen-bond acceptors (Lipinski definition) is 5. The first kappa shape index (κ1) is 7.49. The molecule has 6 nitrogen and oxygen atoms in total. The molecule has 0 unspecified atom stereocenters. The van der Waals surface area contributed by atoms with Gasteiger partial charge in [0.25, 0.3) is 0 Å². The Bertz CT molecular complexity index is 505. The largest absolute Gasteiger partial charge is 0.383 e. The fourth-order valence-corrected chi connectivity index (χ4v) is 1.17. The van der Waals surface area contributed by atoms with Crippen LogP contribution in [0.2, 0.25) is 0 Å². The summed E-state index contributed by atoms with van der Waals surface area (Å²) in [4.78, 5) is 7.69. The summed E-state index contributed by atoms with van der Waals surface area (Å²) in [5, 5.41) is 13.3. The first-order valence-electron chi connectivity index (χ1n) is 3.57. The predicted octanol–water partition coefficient (Wildman–Crippen LogP) is -0.183. The molecule has 0 aliphatic carbocycles. The van der Waals surface area contributed by atoms with Crippen LogP contribution < -0.4 is 5.73 Å². The molecule has 13 heavy (non-hydrogen) atoms. The molecule has 0 bridgehead atoms. The maximum atomic E-state index is 8.81. The fraction of sp³-hybridized carbons (Fsp3) is 0.143. The molecule has 0 atom stereocenters. The molecule has 0 saturated heterocycles. The number of aryl methyl sites for hydroxylation is 1. The van der Waals surface area contributed by atoms with Gasteiger partial charge in [-0.15, -0.1) is 0 Å². The standard InChI is InChI=1S/C7H6N6/c1-13-4(2-8)5-6(9)10-3-11-7(5)12-13/h3H,1H3,(H2,9,10,11,12). The summed E-state index contributed by atoms with van der Waals surface area (Å²) in [6.45, 7) is 0. The second kappa shape index (κ2) is 2.42. The van der Waals surface area contributed by atoms with E-state index in [2.05, 4.69) is 15.1 Å². The topological polar surface area (TPSA) is 93.4 Å². The van der Waals surface area contributed by atoms with E-state index >= 15 is 0 Å². The van der Waals surface area contributed by atoms with E-state index in [0.717, 1.165) is 0 Å². The summed E-state index contributed by atoms with van der Waals surface area (Å²) in [5.41, 5.74) is 6.42. The van der Waals surface area contributed by atoms with E-state index in [9.17, 15) is 0 Å². The second-order valence-corrected chi connectivity index (χ2v) is 2.54. The van der Waals surface area contributed by atoms with Gasteiger partial charge in [-0.3, -0.25) is 4.68 Å². The van der Waals surface area contributed by atoms with Crippen LogP contribution in [0.4, 0.5) is 5.82 Å². The SMILES string of the molecule is Cn1nc2ncnc(N)c2c1C#N. The monoisotopic (exact) mass is 174 g/mol. The smallest absolute Gasteiger partial charge is 0.187 e. The Morgan fingerprint density at radius 1 is 1.54 bits per heavy atom. The van der Waals surface area contributed by atoms with E-state index in [0.29, 0.717) is 16.7 Å². The van der Waals surface area contributed by atoms with Crippen molar-refractivity contribution in [3.05, 3.63) is 12.0 Å². The van der Waals surface area contributed by atoms with E-state index in [1.54, 1.807) is 7.05 Å². The van der Waals surface area contributed by atoms with Crippen LogP contribution in [0.3, 0.4) is 0 Å². The predicted molar refractivity (Wildman–Crippen MR) is 45.4 cm³/mol. The van der Waals surface area contributed by atoms with Crippen molar-refractivity contribution in [1.29, 1.82) is 5.26 Å². The number of aromatic nitrogens is 4. The number of nitrogens with two attached hydrogens (primary N) is 1. The van der Waals surface area contributed by atoms with E-state index in [1.807, 2.05) is 6.07 Å². The minimum absolute atomic E-state index is 0.287. The third-order valence-corrected chi connectivity index (χ3v) is 1.77. The van der Waals surface area contributed by atoms with Gasteiger partial charge in [-0.05, 0) is 0 Å². The zero-order valence-electron chi connectivity index (χ0n) is 6.89. The quantitative estimate of drug-likeness (QED) is 0.597. The normalized spacial score (nSPS) is 10.2. The minimum atomic E-state index is 0.287. The molecule has 0 aliphatic heterocycles. The maximum Gasteiger partial charge on any atom is 0.187 e. The number of nitrogen functional groups attached to an aromatic ring is 1. The molecule has 2 aromatic heterocycles. The van der Waals surface area contributed by atoms with Crippen LogP contribution in [0.15, 0.2) is 6.33 Å². The molecule has 2 heterocycles. The van der Waals surface area contributed by atoms with Crippen molar-refractivity contribution in [2.45, 2.75) is 0 Å². The zero-order valence-corrected chi connectivity index (χ0v) is 6.89. The van der Waals surface area contributed by atoms with Crippen molar-refractivity contribution in [2.24, 2.45) is 7.05 Å². The van der Waals surface area contributed by atoms with Crippen LogP contribution >= 0.6 is 0 Å². The van der Waals surface area contributed by atoms with Crippen LogP contribution in [-0.4, -0.2) is 19.7 Å². The maximum absolute atomic E-state index is 8.81. The molecule has 2 N–H and O–H groups in total. The van der Waals surface area contributed by atoms with Gasteiger partial charge in [0.1, 0.15) is 18.2 Å². The second-order valence-electron chi connectivity index (χ2n) is 2.54. The number of hydrogen-bond donors (Lipinski definition) is 1. The van der Waals surface area contributed by atoms with Crippen molar-refractivity contribution >= 4 is 16.9 Å². The first-order valence-corrected chi connectivity index (χ1v) is 3.57. The van der Waals surface area contributed by atoms with Gasteiger partial charge in [0.2, 0.25) is 0 Å². The van der Waals surface area contributed by atoms with Crippen LogP contribution in [0, 0.1) is 11.3 Å². The number of nitrogens with zero attached hydrogens (tertiary/aromatic N) is 5. The third kappa shape index (κ3) is 0.906. The van der Waals surface area contributed by atoms with Crippen LogP contribution in [0.5, 0.6) is 0 Å². The van der Waals surface area contributed by atoms with E-state index in [1.165, 1.54) is 11.0 Å². The molecule has 0 amide bonds. The Morgan fingerprint density at radius 3 is 3.00 bits per heavy atom. The van der Waals surface area contributed by atoms with E-state index < -0.39 is 0 Å². The number of fused-ring (bicyclic) bond motifs is 1. The van der Waals surface area contributed by atoms with Gasteiger partial charge < -0.3 is 5.73 Å². The highest BCUT2D eigenvalue weighted by Gasteiger charge is 2.12. The molecule has 0 fully saturated rings. The Kier molecular flexibility index (Phi) is 1.39. The van der Waals surface area contributed by atoms with Crippen molar-refractivity contribution in [1.82, 2.24) is 19.7 Å². The van der Waals surface area contributed by atoms with Gasteiger partial charge in [-0.1, -0.05) is 0 Å². The zero-order chi connectivity index (χ0) is 9.42. The summed E-state index contributed by atoms with van der Waals surface area (Å²) in [6, 6.07) is 2.00. The Morgan fingerprint density at radius 2 is 2.31 bits per heavy atom. The fourth-order valence-electron chi connectivity index (χ4n) is 1.17. The molecule has 0 saturated carbocycles. The van der Waals surface area contributed by atoms with Crippen molar-refractivity contribution in [3.63, 3.8) is 0 Å². The van der Waals surface area contributed by atoms with Gasteiger partial charge in [0, 0.05) is 7.05 Å².